The highest BCUT2D eigenvalue weighted by molar-refractivity contribution is 6.17. The van der Waals surface area contributed by atoms with Gasteiger partial charge in [0.2, 0.25) is 0 Å². The van der Waals surface area contributed by atoms with Gasteiger partial charge in [-0.2, -0.15) is 0 Å². The van der Waals surface area contributed by atoms with Crippen molar-refractivity contribution in [3.63, 3.8) is 0 Å². The Morgan fingerprint density at radius 1 is 1.30 bits per heavy atom. The highest BCUT2D eigenvalue weighted by Gasteiger charge is 2.27. The van der Waals surface area contributed by atoms with Crippen LogP contribution in [0.25, 0.3) is 0 Å². The van der Waals surface area contributed by atoms with Crippen LogP contribution in [0.15, 0.2) is 12.1 Å². The third-order valence-electron chi connectivity index (χ3n) is 4.46. The lowest BCUT2D eigenvalue weighted by molar-refractivity contribution is 0.361. The van der Waals surface area contributed by atoms with Crippen LogP contribution in [-0.4, -0.2) is 17.6 Å². The molecular formula is C17H27ClN2. The van der Waals surface area contributed by atoms with Crippen molar-refractivity contribution in [2.24, 2.45) is 5.92 Å². The maximum absolute atomic E-state index is 6.08. The quantitative estimate of drug-likeness (QED) is 0.732. The summed E-state index contributed by atoms with van der Waals surface area (Å²) in [5.41, 5.74) is 2.37. The van der Waals surface area contributed by atoms with E-state index < -0.39 is 0 Å². The number of alkyl halides is 1. The van der Waals surface area contributed by atoms with Gasteiger partial charge >= 0.3 is 0 Å². The van der Waals surface area contributed by atoms with Crippen molar-refractivity contribution in [3.8, 4) is 0 Å². The minimum Gasteiger partial charge on any atom is -0.354 e. The van der Waals surface area contributed by atoms with E-state index in [4.69, 9.17) is 16.6 Å². The number of halogens is 1. The Kier molecular flexibility index (Phi) is 4.63. The van der Waals surface area contributed by atoms with Crippen LogP contribution >= 0.6 is 11.6 Å². The summed E-state index contributed by atoms with van der Waals surface area (Å²) in [6, 6.07) is 4.86. The Hall–Kier alpha value is -0.760. The first-order valence-corrected chi connectivity index (χ1v) is 8.20. The monoisotopic (exact) mass is 294 g/mol. The average molecular weight is 295 g/mol. The van der Waals surface area contributed by atoms with Crippen molar-refractivity contribution in [3.05, 3.63) is 23.4 Å². The predicted molar refractivity (Wildman–Crippen MR) is 87.7 cm³/mol. The zero-order valence-corrected chi connectivity index (χ0v) is 14.2. The van der Waals surface area contributed by atoms with E-state index in [1.165, 1.54) is 18.4 Å². The molecule has 1 aromatic heterocycles. The molecule has 0 aliphatic carbocycles. The first-order valence-electron chi connectivity index (χ1n) is 7.67. The number of hydrogen-bond donors (Lipinski definition) is 0. The van der Waals surface area contributed by atoms with E-state index in [-0.39, 0.29) is 5.41 Å². The van der Waals surface area contributed by atoms with Crippen LogP contribution in [0.2, 0.25) is 0 Å². The van der Waals surface area contributed by atoms with Gasteiger partial charge in [0, 0.05) is 29.6 Å². The van der Waals surface area contributed by atoms with E-state index in [0.29, 0.717) is 11.9 Å². The van der Waals surface area contributed by atoms with Crippen molar-refractivity contribution in [1.29, 1.82) is 0 Å². The molecular weight excluding hydrogens is 268 g/mol. The standard InChI is InChI=1S/C17H27ClN2/c1-12-7-6-8-20(13(12)2)16-10-14(11-18)9-15(19-16)17(3,4)5/h9-10,12-13H,6-8,11H2,1-5H3. The summed E-state index contributed by atoms with van der Waals surface area (Å²) in [5, 5.41) is 0. The van der Waals surface area contributed by atoms with Gasteiger partial charge in [-0.3, -0.25) is 0 Å². The molecule has 2 rings (SSSR count). The number of aromatic nitrogens is 1. The van der Waals surface area contributed by atoms with Gasteiger partial charge in [-0.15, -0.1) is 11.6 Å². The number of hydrogen-bond acceptors (Lipinski definition) is 2. The van der Waals surface area contributed by atoms with Crippen LogP contribution in [0.4, 0.5) is 5.82 Å². The van der Waals surface area contributed by atoms with E-state index in [1.807, 2.05) is 0 Å². The smallest absolute Gasteiger partial charge is 0.129 e. The minimum atomic E-state index is 0.0570. The van der Waals surface area contributed by atoms with E-state index in [9.17, 15) is 0 Å². The first kappa shape index (κ1) is 15.6. The molecule has 20 heavy (non-hydrogen) atoms. The second-order valence-electron chi connectivity index (χ2n) is 7.16. The Labute approximate surface area is 128 Å². The summed E-state index contributed by atoms with van der Waals surface area (Å²) in [6.45, 7) is 12.4. The molecule has 1 aliphatic rings. The van der Waals surface area contributed by atoms with Crippen LogP contribution < -0.4 is 4.90 Å². The lowest BCUT2D eigenvalue weighted by atomic mass is 9.90. The van der Waals surface area contributed by atoms with Crippen molar-refractivity contribution >= 4 is 17.4 Å². The zero-order chi connectivity index (χ0) is 14.9. The van der Waals surface area contributed by atoms with E-state index in [2.05, 4.69) is 51.7 Å². The number of piperidine rings is 1. The summed E-state index contributed by atoms with van der Waals surface area (Å²) in [7, 11) is 0. The van der Waals surface area contributed by atoms with Gasteiger partial charge in [0.25, 0.3) is 0 Å². The van der Waals surface area contributed by atoms with Crippen LogP contribution in [0.5, 0.6) is 0 Å². The van der Waals surface area contributed by atoms with Gasteiger partial charge in [0.05, 0.1) is 0 Å². The summed E-state index contributed by atoms with van der Waals surface area (Å²) in [6.07, 6.45) is 2.57. The van der Waals surface area contributed by atoms with Crippen LogP contribution in [0.3, 0.4) is 0 Å². The fourth-order valence-corrected chi connectivity index (χ4v) is 2.99. The molecule has 1 fully saturated rings. The highest BCUT2D eigenvalue weighted by Crippen LogP contribution is 2.30. The van der Waals surface area contributed by atoms with Crippen LogP contribution in [0, 0.1) is 5.92 Å². The molecule has 0 aromatic carbocycles. The first-order chi connectivity index (χ1) is 9.32. The molecule has 1 aromatic rings. The molecule has 0 radical (unpaired) electrons. The summed E-state index contributed by atoms with van der Waals surface area (Å²) >= 11 is 6.08. The molecule has 2 heterocycles. The van der Waals surface area contributed by atoms with Gasteiger partial charge in [0.1, 0.15) is 5.82 Å². The van der Waals surface area contributed by atoms with Gasteiger partial charge in [-0.25, -0.2) is 4.98 Å². The summed E-state index contributed by atoms with van der Waals surface area (Å²) in [5.74, 6) is 2.38. The Balaban J connectivity index is 2.40. The minimum absolute atomic E-state index is 0.0570. The molecule has 3 heteroatoms. The summed E-state index contributed by atoms with van der Waals surface area (Å²) < 4.78 is 0. The molecule has 2 nitrogen and oxygen atoms in total. The molecule has 1 saturated heterocycles. The highest BCUT2D eigenvalue weighted by atomic mass is 35.5. The van der Waals surface area contributed by atoms with Gasteiger partial charge in [-0.1, -0.05) is 27.7 Å². The molecule has 0 spiro atoms. The largest absolute Gasteiger partial charge is 0.354 e. The predicted octanol–water partition coefficient (Wildman–Crippen LogP) is 4.74. The Bertz CT molecular complexity index is 465. The molecule has 2 atom stereocenters. The number of anilines is 1. The lowest BCUT2D eigenvalue weighted by Crippen LogP contribution is -2.43. The molecule has 1 aliphatic heterocycles. The fraction of sp³-hybridized carbons (Fsp3) is 0.706. The zero-order valence-electron chi connectivity index (χ0n) is 13.4. The van der Waals surface area contributed by atoms with Crippen LogP contribution in [0.1, 0.15) is 58.7 Å². The van der Waals surface area contributed by atoms with Crippen LogP contribution in [-0.2, 0) is 11.3 Å². The number of nitrogens with zero attached hydrogens (tertiary/aromatic N) is 2. The van der Waals surface area contributed by atoms with Gasteiger partial charge in [-0.05, 0) is 43.4 Å². The molecule has 2 unspecified atom stereocenters. The third kappa shape index (κ3) is 3.28. The van der Waals surface area contributed by atoms with Crippen molar-refractivity contribution in [2.45, 2.75) is 64.8 Å². The SMILES string of the molecule is CC1CCCN(c2cc(CCl)cc(C(C)(C)C)n2)C1C. The van der Waals surface area contributed by atoms with E-state index >= 15 is 0 Å². The molecule has 0 saturated carbocycles. The normalized spacial score (nSPS) is 24.0. The number of pyridine rings is 1. The maximum Gasteiger partial charge on any atom is 0.129 e. The van der Waals surface area contributed by atoms with E-state index in [0.717, 1.165) is 24.0 Å². The van der Waals surface area contributed by atoms with Crippen molar-refractivity contribution in [2.75, 3.05) is 11.4 Å². The lowest BCUT2D eigenvalue weighted by Gasteiger charge is -2.39. The Morgan fingerprint density at radius 3 is 2.60 bits per heavy atom. The number of rotatable bonds is 2. The summed E-state index contributed by atoms with van der Waals surface area (Å²) in [4.78, 5) is 7.39. The van der Waals surface area contributed by atoms with Gasteiger partial charge < -0.3 is 4.90 Å². The molecule has 0 N–H and O–H groups in total. The molecule has 0 amide bonds. The third-order valence-corrected chi connectivity index (χ3v) is 4.77. The topological polar surface area (TPSA) is 16.1 Å². The second kappa shape index (κ2) is 5.93. The fourth-order valence-electron chi connectivity index (χ4n) is 2.84. The molecule has 112 valence electrons. The van der Waals surface area contributed by atoms with E-state index in [1.54, 1.807) is 0 Å². The second-order valence-corrected chi connectivity index (χ2v) is 7.42. The Morgan fingerprint density at radius 2 is 2.00 bits per heavy atom. The average Bonchev–Trinajstić information content (AvgIpc) is 2.40. The van der Waals surface area contributed by atoms with Gasteiger partial charge in [0.15, 0.2) is 0 Å². The van der Waals surface area contributed by atoms with Crippen molar-refractivity contribution in [1.82, 2.24) is 4.98 Å². The maximum atomic E-state index is 6.08. The molecule has 0 bridgehead atoms. The van der Waals surface area contributed by atoms with Crippen molar-refractivity contribution < 1.29 is 0 Å².